The van der Waals surface area contributed by atoms with Crippen molar-refractivity contribution in [2.24, 2.45) is 0 Å². The third-order valence-corrected chi connectivity index (χ3v) is 6.81. The van der Waals surface area contributed by atoms with E-state index >= 15 is 0 Å². The highest BCUT2D eigenvalue weighted by Gasteiger charge is 2.39. The van der Waals surface area contributed by atoms with Crippen LogP contribution in [0, 0.1) is 5.82 Å². The van der Waals surface area contributed by atoms with E-state index in [-0.39, 0.29) is 53.0 Å². The summed E-state index contributed by atoms with van der Waals surface area (Å²) in [5.41, 5.74) is 0.792. The van der Waals surface area contributed by atoms with Crippen molar-refractivity contribution in [1.82, 2.24) is 24.9 Å². The maximum absolute atomic E-state index is 14.0. The second-order valence-electron chi connectivity index (χ2n) is 9.76. The lowest BCUT2D eigenvalue weighted by Gasteiger charge is -2.25. The van der Waals surface area contributed by atoms with Gasteiger partial charge in [-0.3, -0.25) is 9.69 Å². The van der Waals surface area contributed by atoms with Crippen LogP contribution in [0.1, 0.15) is 26.6 Å². The molecule has 1 aliphatic carbocycles. The van der Waals surface area contributed by atoms with Crippen molar-refractivity contribution in [3.8, 4) is 5.75 Å². The molecule has 2 aliphatic rings. The molecule has 2 N–H and O–H groups in total. The molecule has 1 fully saturated rings. The summed E-state index contributed by atoms with van der Waals surface area (Å²) in [5.74, 6) is 1.34. The van der Waals surface area contributed by atoms with Gasteiger partial charge in [-0.15, -0.1) is 5.10 Å². The first-order valence-electron chi connectivity index (χ1n) is 14.6. The number of carbonyl (C=O) groups is 1. The van der Waals surface area contributed by atoms with Gasteiger partial charge in [-0.2, -0.15) is 0 Å². The number of amides is 1. The van der Waals surface area contributed by atoms with Crippen molar-refractivity contribution in [2.45, 2.75) is 25.2 Å². The second-order valence-corrected chi connectivity index (χ2v) is 9.76. The van der Waals surface area contributed by atoms with Gasteiger partial charge in [0.05, 0.1) is 30.7 Å². The minimum atomic E-state index is -2.69. The zero-order valence-corrected chi connectivity index (χ0v) is 22.7. The van der Waals surface area contributed by atoms with Gasteiger partial charge in [-0.1, -0.05) is 12.1 Å². The average molecular weight is 588 g/mol. The summed E-state index contributed by atoms with van der Waals surface area (Å²) < 4.78 is 59.1. The molecule has 0 spiro atoms. The van der Waals surface area contributed by atoms with Crippen LogP contribution in [-0.2, 0) is 11.3 Å². The van der Waals surface area contributed by atoms with Gasteiger partial charge in [0.25, 0.3) is 5.91 Å². The molecule has 43 heavy (non-hydrogen) atoms. The van der Waals surface area contributed by atoms with Gasteiger partial charge >= 0.3 is 0 Å². The first-order valence-corrected chi connectivity index (χ1v) is 13.1. The van der Waals surface area contributed by atoms with E-state index in [1.54, 1.807) is 30.3 Å². The molecule has 1 aromatic carbocycles. The molecule has 13 heteroatoms. The van der Waals surface area contributed by atoms with E-state index in [4.69, 9.17) is 8.85 Å². The molecular formula is C30H26F2N8O3. The molecule has 11 nitrogen and oxygen atoms in total. The van der Waals surface area contributed by atoms with Gasteiger partial charge in [-0.05, 0) is 35.9 Å². The highest BCUT2D eigenvalue weighted by Crippen LogP contribution is 2.30. The predicted octanol–water partition coefficient (Wildman–Crippen LogP) is 3.79. The molecule has 1 saturated carbocycles. The maximum atomic E-state index is 14.0. The number of pyridine rings is 1. The van der Waals surface area contributed by atoms with Gasteiger partial charge in [-0.25, -0.2) is 28.1 Å². The number of imidazole rings is 1. The van der Waals surface area contributed by atoms with Crippen molar-refractivity contribution in [3.05, 3.63) is 102 Å². The van der Waals surface area contributed by atoms with E-state index in [1.807, 2.05) is 5.94 Å². The Bertz CT molecular complexity index is 1920. The minimum Gasteiger partial charge on any atom is -0.497 e. The van der Waals surface area contributed by atoms with Crippen molar-refractivity contribution in [3.63, 3.8) is 0 Å². The van der Waals surface area contributed by atoms with Crippen LogP contribution in [0.4, 0.5) is 26.1 Å². The zero-order valence-electron chi connectivity index (χ0n) is 25.7. The van der Waals surface area contributed by atoms with Gasteiger partial charge < -0.3 is 20.3 Å². The Morgan fingerprint density at radius 3 is 2.77 bits per heavy atom. The summed E-state index contributed by atoms with van der Waals surface area (Å²) in [6.45, 7) is -2.78. The van der Waals surface area contributed by atoms with Crippen molar-refractivity contribution >= 4 is 34.8 Å². The molecule has 0 unspecified atom stereocenters. The lowest BCUT2D eigenvalue weighted by molar-refractivity contribution is 0.0940. The molecule has 3 aromatic heterocycles. The molecule has 4 heterocycles. The molecule has 0 radical (unpaired) electrons. The normalized spacial score (nSPS) is 18.7. The summed E-state index contributed by atoms with van der Waals surface area (Å²) in [7, 11) is 1.52. The topological polar surface area (TPSA) is 117 Å². The Morgan fingerprint density at radius 2 is 2.07 bits per heavy atom. The number of allylic oxidation sites excluding steroid dienone is 2. The monoisotopic (exact) mass is 587 g/mol. The molecule has 0 saturated heterocycles. The van der Waals surface area contributed by atoms with Crippen LogP contribution < -0.4 is 25.2 Å². The fourth-order valence-corrected chi connectivity index (χ4v) is 4.49. The minimum absolute atomic E-state index is 0.0229. The molecule has 4 aromatic rings. The Labute approximate surface area is 249 Å². The third-order valence-electron chi connectivity index (χ3n) is 6.81. The highest BCUT2D eigenvalue weighted by atomic mass is 19.1. The Kier molecular flexibility index (Phi) is 6.37. The number of nitrogens with zero attached hydrogens (tertiary/aromatic N) is 6. The van der Waals surface area contributed by atoms with Crippen LogP contribution in [0.3, 0.4) is 0 Å². The van der Waals surface area contributed by atoms with Crippen LogP contribution in [0.5, 0.6) is 5.75 Å². The molecule has 1 aliphatic heterocycles. The lowest BCUT2D eigenvalue weighted by atomic mass is 10.2. The SMILES string of the molecule is [2H]C([2H])([2H])N(Cc1ccc(OC)cc1)c1cc(NC2=CC=CN(c3cc(F)ccn3)C2=C=O)nn2c(C(=O)N[C@@H]3C[C@@H]3F)cnc12. The number of methoxy groups -OCH3 is 1. The van der Waals surface area contributed by atoms with E-state index in [9.17, 15) is 18.4 Å². The molecule has 218 valence electrons. The zero-order chi connectivity index (χ0) is 32.6. The van der Waals surface area contributed by atoms with Gasteiger partial charge in [0.2, 0.25) is 0 Å². The quantitative estimate of drug-likeness (QED) is 0.282. The standard InChI is InChI=1S/C30H26F2N8O3/c1-38(16-18-5-7-20(43-2)8-6-18)24-14-27(37-40-25(15-34-29(24)40)30(42)36-23-13-21(23)32)35-22-4-3-11-39(26(22)17-41)28-12-19(31)9-10-33-28/h3-12,14-15,21,23H,13,16H2,1-2H3,(H,35,37)(H,36,42)/t21-,23+/m0/s1/i1D3. The van der Waals surface area contributed by atoms with Gasteiger partial charge in [0.15, 0.2) is 28.8 Å². The van der Waals surface area contributed by atoms with Crippen molar-refractivity contribution in [1.29, 1.82) is 0 Å². The summed E-state index contributed by atoms with van der Waals surface area (Å²) in [4.78, 5) is 36.2. The number of aromatic nitrogens is 4. The first-order chi connectivity index (χ1) is 22.0. The fraction of sp³-hybridized carbons (Fsp3) is 0.200. The van der Waals surface area contributed by atoms with Crippen LogP contribution >= 0.6 is 0 Å². The van der Waals surface area contributed by atoms with Crippen molar-refractivity contribution < 1.29 is 27.2 Å². The van der Waals surface area contributed by atoms with Gasteiger partial charge in [0, 0.05) is 48.6 Å². The molecule has 6 rings (SSSR count). The summed E-state index contributed by atoms with van der Waals surface area (Å²) in [6, 6.07) is 9.92. The van der Waals surface area contributed by atoms with Crippen LogP contribution in [0.2, 0.25) is 0 Å². The number of benzene rings is 1. The number of halogens is 2. The number of hydrogen-bond donors (Lipinski definition) is 2. The Hall–Kier alpha value is -5.55. The largest absolute Gasteiger partial charge is 0.497 e. The molecule has 1 amide bonds. The first kappa shape index (κ1) is 24.1. The molecule has 2 atom stereocenters. The second kappa shape index (κ2) is 11.4. The number of anilines is 3. The van der Waals surface area contributed by atoms with Crippen LogP contribution in [0.25, 0.3) is 5.65 Å². The predicted molar refractivity (Wildman–Crippen MR) is 156 cm³/mol. The van der Waals surface area contributed by atoms with Crippen molar-refractivity contribution in [2.75, 3.05) is 29.2 Å². The van der Waals surface area contributed by atoms with E-state index in [0.717, 1.165) is 21.5 Å². The highest BCUT2D eigenvalue weighted by molar-refractivity contribution is 5.94. The number of hydrogen-bond acceptors (Lipinski definition) is 9. The average Bonchev–Trinajstić information content (AvgIpc) is 3.55. The Balaban J connectivity index is 1.43. The number of ether oxygens (including phenoxy) is 1. The summed E-state index contributed by atoms with van der Waals surface area (Å²) in [6.07, 6.45) is 6.11. The number of alkyl halides is 1. The number of rotatable bonds is 9. The Morgan fingerprint density at radius 1 is 1.26 bits per heavy atom. The van der Waals surface area contributed by atoms with E-state index in [1.165, 1.54) is 42.7 Å². The fourth-order valence-electron chi connectivity index (χ4n) is 4.49. The molecule has 0 bridgehead atoms. The number of fused-ring (bicyclic) bond motifs is 1. The van der Waals surface area contributed by atoms with E-state index in [0.29, 0.717) is 11.3 Å². The van der Waals surface area contributed by atoms with E-state index < -0.39 is 30.9 Å². The van der Waals surface area contributed by atoms with E-state index in [2.05, 4.69) is 25.7 Å². The van der Waals surface area contributed by atoms with Gasteiger partial charge in [0.1, 0.15) is 23.6 Å². The summed E-state index contributed by atoms with van der Waals surface area (Å²) >= 11 is 0. The third kappa shape index (κ3) is 5.66. The summed E-state index contributed by atoms with van der Waals surface area (Å²) in [5, 5.41) is 10.1. The van der Waals surface area contributed by atoms with Crippen LogP contribution in [-0.4, -0.2) is 57.7 Å². The molecular weight excluding hydrogens is 558 g/mol. The van der Waals surface area contributed by atoms with Crippen LogP contribution in [0.15, 0.2) is 84.6 Å². The number of carbonyl (C=O) groups excluding carboxylic acids is 2. The maximum Gasteiger partial charge on any atom is 0.271 e. The number of nitrogens with one attached hydrogen (secondary N) is 2. The smallest absolute Gasteiger partial charge is 0.271 e. The lowest BCUT2D eigenvalue weighted by Crippen LogP contribution is -2.29.